The van der Waals surface area contributed by atoms with Crippen LogP contribution in [0.15, 0.2) is 12.7 Å². The third kappa shape index (κ3) is 2.46. The average molecular weight is 222 g/mol. The molecule has 0 aromatic carbocycles. The highest BCUT2D eigenvalue weighted by Gasteiger charge is 2.38. The first-order valence-electron chi connectivity index (χ1n) is 6.39. The van der Waals surface area contributed by atoms with Crippen LogP contribution in [0.4, 0.5) is 0 Å². The number of rotatable bonds is 3. The summed E-state index contributed by atoms with van der Waals surface area (Å²) >= 11 is 0. The van der Waals surface area contributed by atoms with Crippen molar-refractivity contribution in [2.45, 2.75) is 57.2 Å². The van der Waals surface area contributed by atoms with Gasteiger partial charge in [-0.05, 0) is 32.1 Å². The Kier molecular flexibility index (Phi) is 3.64. The zero-order valence-electron chi connectivity index (χ0n) is 10.0. The Balaban J connectivity index is 1.87. The van der Waals surface area contributed by atoms with Crippen molar-refractivity contribution < 1.29 is 4.79 Å². The Labute approximate surface area is 97.7 Å². The first kappa shape index (κ1) is 11.6. The minimum Gasteiger partial charge on any atom is -0.349 e. The molecule has 0 spiro atoms. The second-order valence-corrected chi connectivity index (χ2v) is 5.14. The number of nitrogens with one attached hydrogen (secondary N) is 2. The van der Waals surface area contributed by atoms with Gasteiger partial charge in [0, 0.05) is 12.1 Å². The highest BCUT2D eigenvalue weighted by Crippen LogP contribution is 2.33. The van der Waals surface area contributed by atoms with E-state index in [-0.39, 0.29) is 18.0 Å². The van der Waals surface area contributed by atoms with Gasteiger partial charge in [0.1, 0.15) is 0 Å². The molecule has 4 atom stereocenters. The van der Waals surface area contributed by atoms with Crippen LogP contribution in [0.2, 0.25) is 0 Å². The predicted octanol–water partition coefficient (Wildman–Crippen LogP) is 1.60. The molecule has 2 aliphatic rings. The summed E-state index contributed by atoms with van der Waals surface area (Å²) < 4.78 is 0. The Morgan fingerprint density at radius 1 is 1.50 bits per heavy atom. The van der Waals surface area contributed by atoms with Crippen LogP contribution in [0.1, 0.15) is 39.0 Å². The van der Waals surface area contributed by atoms with Crippen molar-refractivity contribution >= 4 is 5.91 Å². The fraction of sp³-hybridized carbons (Fsp3) is 0.769. The highest BCUT2D eigenvalue weighted by molar-refractivity contribution is 5.82. The molecule has 16 heavy (non-hydrogen) atoms. The number of carbonyl (C=O) groups is 1. The second kappa shape index (κ2) is 5.00. The zero-order valence-corrected chi connectivity index (χ0v) is 10.0. The van der Waals surface area contributed by atoms with Gasteiger partial charge in [-0.15, -0.1) is 6.58 Å². The Morgan fingerprint density at radius 3 is 2.94 bits per heavy atom. The molecule has 1 amide bonds. The third-order valence-corrected chi connectivity index (χ3v) is 3.90. The molecule has 0 aromatic heterocycles. The summed E-state index contributed by atoms with van der Waals surface area (Å²) in [5.74, 6) is 0.866. The van der Waals surface area contributed by atoms with Gasteiger partial charge in [0.25, 0.3) is 0 Å². The van der Waals surface area contributed by atoms with Crippen LogP contribution in [-0.4, -0.2) is 24.0 Å². The molecule has 1 aliphatic carbocycles. The molecule has 1 heterocycles. The van der Waals surface area contributed by atoms with Gasteiger partial charge in [0.05, 0.1) is 6.04 Å². The lowest BCUT2D eigenvalue weighted by Crippen LogP contribution is -2.45. The third-order valence-electron chi connectivity index (χ3n) is 3.90. The molecular formula is C13H22N2O. The lowest BCUT2D eigenvalue weighted by atomic mass is 9.85. The van der Waals surface area contributed by atoms with Gasteiger partial charge >= 0.3 is 0 Å². The minimum atomic E-state index is 0.0236. The number of hydrogen-bond donors (Lipinski definition) is 2. The Bertz CT molecular complexity index is 263. The van der Waals surface area contributed by atoms with E-state index >= 15 is 0 Å². The van der Waals surface area contributed by atoms with Gasteiger partial charge in [-0.2, -0.15) is 0 Å². The first-order chi connectivity index (χ1) is 7.70. The van der Waals surface area contributed by atoms with Crippen molar-refractivity contribution in [3.05, 3.63) is 12.7 Å². The summed E-state index contributed by atoms with van der Waals surface area (Å²) in [5.41, 5.74) is 0. The van der Waals surface area contributed by atoms with E-state index < -0.39 is 0 Å². The maximum atomic E-state index is 11.9. The molecular weight excluding hydrogens is 200 g/mol. The topological polar surface area (TPSA) is 41.1 Å². The smallest absolute Gasteiger partial charge is 0.237 e. The second-order valence-electron chi connectivity index (χ2n) is 5.14. The van der Waals surface area contributed by atoms with E-state index in [4.69, 9.17) is 0 Å². The number of carbonyl (C=O) groups excluding carboxylic acids is 1. The molecule has 1 aliphatic heterocycles. The van der Waals surface area contributed by atoms with Crippen LogP contribution >= 0.6 is 0 Å². The van der Waals surface area contributed by atoms with E-state index in [1.165, 1.54) is 25.7 Å². The quantitative estimate of drug-likeness (QED) is 0.712. The van der Waals surface area contributed by atoms with Crippen molar-refractivity contribution in [3.63, 3.8) is 0 Å². The number of hydrogen-bond acceptors (Lipinski definition) is 2. The fourth-order valence-corrected chi connectivity index (χ4v) is 2.91. The average Bonchev–Trinajstić information content (AvgIpc) is 2.72. The zero-order chi connectivity index (χ0) is 11.5. The molecule has 1 saturated heterocycles. The molecule has 3 heteroatoms. The Hall–Kier alpha value is -0.830. The molecule has 0 bridgehead atoms. The molecule has 2 rings (SSSR count). The van der Waals surface area contributed by atoms with Gasteiger partial charge < -0.3 is 10.6 Å². The van der Waals surface area contributed by atoms with E-state index in [1.807, 2.05) is 6.92 Å². The van der Waals surface area contributed by atoms with Crippen molar-refractivity contribution in [1.29, 1.82) is 0 Å². The SMILES string of the molecule is C=CC(C)NC(=O)C1CC2CCCCC2N1. The van der Waals surface area contributed by atoms with E-state index in [0.29, 0.717) is 6.04 Å². The molecule has 2 N–H and O–H groups in total. The van der Waals surface area contributed by atoms with Crippen LogP contribution in [-0.2, 0) is 4.79 Å². The normalized spacial score (nSPS) is 35.2. The van der Waals surface area contributed by atoms with Crippen molar-refractivity contribution in [2.75, 3.05) is 0 Å². The summed E-state index contributed by atoms with van der Waals surface area (Å²) in [6, 6.07) is 0.677. The van der Waals surface area contributed by atoms with Gasteiger partial charge in [-0.3, -0.25) is 4.79 Å². The van der Waals surface area contributed by atoms with Gasteiger partial charge in [-0.1, -0.05) is 18.9 Å². The van der Waals surface area contributed by atoms with Crippen LogP contribution in [0.5, 0.6) is 0 Å². The molecule has 0 aromatic rings. The largest absolute Gasteiger partial charge is 0.349 e. The summed E-state index contributed by atoms with van der Waals surface area (Å²) in [5, 5.41) is 6.44. The first-order valence-corrected chi connectivity index (χ1v) is 6.39. The van der Waals surface area contributed by atoms with E-state index in [1.54, 1.807) is 6.08 Å². The van der Waals surface area contributed by atoms with Gasteiger partial charge in [0.2, 0.25) is 5.91 Å². The van der Waals surface area contributed by atoms with E-state index in [9.17, 15) is 4.79 Å². The number of amides is 1. The predicted molar refractivity (Wildman–Crippen MR) is 65.1 cm³/mol. The van der Waals surface area contributed by atoms with Crippen molar-refractivity contribution in [2.24, 2.45) is 5.92 Å². The highest BCUT2D eigenvalue weighted by atomic mass is 16.2. The van der Waals surface area contributed by atoms with Crippen LogP contribution in [0.3, 0.4) is 0 Å². The van der Waals surface area contributed by atoms with Crippen LogP contribution in [0, 0.1) is 5.92 Å². The van der Waals surface area contributed by atoms with Gasteiger partial charge in [0.15, 0.2) is 0 Å². The minimum absolute atomic E-state index is 0.0236. The van der Waals surface area contributed by atoms with E-state index in [2.05, 4.69) is 17.2 Å². The van der Waals surface area contributed by atoms with Crippen LogP contribution < -0.4 is 10.6 Å². The molecule has 3 nitrogen and oxygen atoms in total. The molecule has 4 unspecified atom stereocenters. The summed E-state index contributed by atoms with van der Waals surface area (Å²) in [6.45, 7) is 5.63. The lowest BCUT2D eigenvalue weighted by Gasteiger charge is -2.24. The lowest BCUT2D eigenvalue weighted by molar-refractivity contribution is -0.123. The molecule has 90 valence electrons. The standard InChI is InChI=1S/C13H22N2O/c1-3-9(2)14-13(16)12-8-10-6-4-5-7-11(10)15-12/h3,9-12,15H,1,4-8H2,2H3,(H,14,16). The summed E-state index contributed by atoms with van der Waals surface area (Å²) in [6.07, 6.45) is 7.95. The summed E-state index contributed by atoms with van der Waals surface area (Å²) in [4.78, 5) is 11.9. The van der Waals surface area contributed by atoms with Crippen molar-refractivity contribution in [1.82, 2.24) is 10.6 Å². The maximum Gasteiger partial charge on any atom is 0.237 e. The van der Waals surface area contributed by atoms with Crippen LogP contribution in [0.25, 0.3) is 0 Å². The monoisotopic (exact) mass is 222 g/mol. The molecule has 2 fully saturated rings. The molecule has 1 saturated carbocycles. The number of fused-ring (bicyclic) bond motifs is 1. The summed E-state index contributed by atoms with van der Waals surface area (Å²) in [7, 11) is 0. The maximum absolute atomic E-state index is 11.9. The van der Waals surface area contributed by atoms with Gasteiger partial charge in [-0.25, -0.2) is 0 Å². The Morgan fingerprint density at radius 2 is 2.25 bits per heavy atom. The fourth-order valence-electron chi connectivity index (χ4n) is 2.91. The van der Waals surface area contributed by atoms with E-state index in [0.717, 1.165) is 12.3 Å². The van der Waals surface area contributed by atoms with Crippen molar-refractivity contribution in [3.8, 4) is 0 Å². The molecule has 0 radical (unpaired) electrons.